The van der Waals surface area contributed by atoms with Crippen molar-refractivity contribution >= 4 is 11.6 Å². The Morgan fingerprint density at radius 3 is 2.36 bits per heavy atom. The number of rotatable bonds is 1. The Kier molecular flexibility index (Phi) is 3.07. The summed E-state index contributed by atoms with van der Waals surface area (Å²) < 4.78 is 37.4. The number of aryl methyl sites for hydroxylation is 1. The first-order valence-corrected chi connectivity index (χ1v) is 4.21. The third-order valence-electron chi connectivity index (χ3n) is 1.84. The van der Waals surface area contributed by atoms with E-state index in [0.29, 0.717) is 0 Å². The first kappa shape index (κ1) is 11.3. The highest BCUT2D eigenvalue weighted by Gasteiger charge is 2.35. The van der Waals surface area contributed by atoms with Crippen LogP contribution in [0.4, 0.5) is 13.2 Å². The molecule has 1 nitrogen and oxygen atoms in total. The zero-order valence-electron chi connectivity index (χ0n) is 7.32. The van der Waals surface area contributed by atoms with E-state index in [9.17, 15) is 13.2 Å². The maximum Gasteiger partial charge on any atom is 0.417 e. The van der Waals surface area contributed by atoms with Crippen LogP contribution in [0, 0.1) is 6.92 Å². The summed E-state index contributed by atoms with van der Waals surface area (Å²) in [5.74, 6) is 0. The lowest BCUT2D eigenvalue weighted by Gasteiger charge is -2.14. The van der Waals surface area contributed by atoms with Gasteiger partial charge in [0, 0.05) is 5.02 Å². The minimum Gasteiger partial charge on any atom is -0.392 e. The van der Waals surface area contributed by atoms with Crippen LogP contribution in [0.2, 0.25) is 5.02 Å². The number of aliphatic hydroxyl groups is 1. The van der Waals surface area contributed by atoms with Crippen LogP contribution in [0.15, 0.2) is 12.1 Å². The lowest BCUT2D eigenvalue weighted by atomic mass is 10.0. The van der Waals surface area contributed by atoms with Gasteiger partial charge in [0.2, 0.25) is 0 Å². The lowest BCUT2D eigenvalue weighted by molar-refractivity contribution is -0.139. The molecular weight excluding hydrogens is 217 g/mol. The molecule has 0 unspecified atom stereocenters. The van der Waals surface area contributed by atoms with Crippen LogP contribution in [0.1, 0.15) is 16.7 Å². The van der Waals surface area contributed by atoms with Gasteiger partial charge in [-0.2, -0.15) is 13.2 Å². The van der Waals surface area contributed by atoms with Crippen molar-refractivity contribution in [2.24, 2.45) is 0 Å². The largest absolute Gasteiger partial charge is 0.417 e. The topological polar surface area (TPSA) is 20.2 Å². The van der Waals surface area contributed by atoms with Gasteiger partial charge in [-0.05, 0) is 30.2 Å². The molecular formula is C9H8ClF3O. The van der Waals surface area contributed by atoms with E-state index in [2.05, 4.69) is 0 Å². The standard InChI is InChI=1S/C9H8ClF3O/c1-5-2-7(10)3-6(4-14)8(5)9(11,12)13/h2-3,14H,4H2,1H3. The van der Waals surface area contributed by atoms with Gasteiger partial charge in [0.05, 0.1) is 12.2 Å². The number of aliphatic hydroxyl groups excluding tert-OH is 1. The number of hydrogen-bond acceptors (Lipinski definition) is 1. The molecule has 1 rings (SSSR count). The Morgan fingerprint density at radius 2 is 1.93 bits per heavy atom. The van der Waals surface area contributed by atoms with Crippen molar-refractivity contribution < 1.29 is 18.3 Å². The van der Waals surface area contributed by atoms with Crippen molar-refractivity contribution in [3.63, 3.8) is 0 Å². The average molecular weight is 225 g/mol. The predicted octanol–water partition coefficient (Wildman–Crippen LogP) is 3.16. The summed E-state index contributed by atoms with van der Waals surface area (Å²) in [7, 11) is 0. The van der Waals surface area contributed by atoms with E-state index in [1.165, 1.54) is 13.0 Å². The second-order valence-electron chi connectivity index (χ2n) is 2.91. The van der Waals surface area contributed by atoms with Crippen LogP contribution in [0.3, 0.4) is 0 Å². The van der Waals surface area contributed by atoms with Crippen LogP contribution < -0.4 is 0 Å². The van der Waals surface area contributed by atoms with Crippen LogP contribution in [-0.2, 0) is 12.8 Å². The van der Waals surface area contributed by atoms with Crippen LogP contribution in [0.25, 0.3) is 0 Å². The number of alkyl halides is 3. The van der Waals surface area contributed by atoms with Crippen molar-refractivity contribution in [3.05, 3.63) is 33.8 Å². The highest BCUT2D eigenvalue weighted by atomic mass is 35.5. The Hall–Kier alpha value is -0.740. The summed E-state index contributed by atoms with van der Waals surface area (Å²) in [6.07, 6.45) is -4.45. The molecule has 0 aromatic heterocycles. The zero-order valence-corrected chi connectivity index (χ0v) is 8.08. The highest BCUT2D eigenvalue weighted by Crippen LogP contribution is 2.36. The molecule has 0 radical (unpaired) electrons. The molecule has 0 aliphatic rings. The van der Waals surface area contributed by atoms with E-state index in [-0.39, 0.29) is 16.1 Å². The minimum atomic E-state index is -4.45. The molecule has 1 N–H and O–H groups in total. The Labute approximate surface area is 84.1 Å². The first-order chi connectivity index (χ1) is 6.36. The van der Waals surface area contributed by atoms with Crippen LogP contribution >= 0.6 is 11.6 Å². The molecule has 1 aromatic rings. The smallest absolute Gasteiger partial charge is 0.392 e. The maximum absolute atomic E-state index is 12.5. The van der Waals surface area contributed by atoms with E-state index in [4.69, 9.17) is 16.7 Å². The van der Waals surface area contributed by atoms with E-state index in [1.807, 2.05) is 0 Å². The van der Waals surface area contributed by atoms with Crippen molar-refractivity contribution in [2.75, 3.05) is 0 Å². The predicted molar refractivity (Wildman–Crippen MR) is 47.1 cm³/mol. The van der Waals surface area contributed by atoms with E-state index >= 15 is 0 Å². The Bertz CT molecular complexity index is 347. The molecule has 0 saturated heterocycles. The third kappa shape index (κ3) is 2.19. The molecule has 0 amide bonds. The second kappa shape index (κ2) is 3.79. The molecule has 0 spiro atoms. The van der Waals surface area contributed by atoms with Gasteiger partial charge >= 0.3 is 6.18 Å². The summed E-state index contributed by atoms with van der Waals surface area (Å²) in [4.78, 5) is 0. The molecule has 5 heteroatoms. The fourth-order valence-corrected chi connectivity index (χ4v) is 1.64. The Balaban J connectivity index is 3.40. The monoisotopic (exact) mass is 224 g/mol. The van der Waals surface area contributed by atoms with Crippen molar-refractivity contribution in [3.8, 4) is 0 Å². The fourth-order valence-electron chi connectivity index (χ4n) is 1.34. The van der Waals surface area contributed by atoms with E-state index in [1.54, 1.807) is 0 Å². The van der Waals surface area contributed by atoms with Crippen LogP contribution in [-0.4, -0.2) is 5.11 Å². The van der Waals surface area contributed by atoms with Gasteiger partial charge in [0.1, 0.15) is 0 Å². The quantitative estimate of drug-likeness (QED) is 0.777. The van der Waals surface area contributed by atoms with Gasteiger partial charge in [0.25, 0.3) is 0 Å². The summed E-state index contributed by atoms with van der Waals surface area (Å²) in [6, 6.07) is 2.35. The van der Waals surface area contributed by atoms with Crippen molar-refractivity contribution in [1.29, 1.82) is 0 Å². The summed E-state index contributed by atoms with van der Waals surface area (Å²) in [5.41, 5.74) is -0.971. The van der Waals surface area contributed by atoms with Gasteiger partial charge in [-0.3, -0.25) is 0 Å². The number of benzene rings is 1. The van der Waals surface area contributed by atoms with E-state index < -0.39 is 18.3 Å². The second-order valence-corrected chi connectivity index (χ2v) is 3.35. The Morgan fingerprint density at radius 1 is 1.36 bits per heavy atom. The lowest BCUT2D eigenvalue weighted by Crippen LogP contribution is -2.11. The maximum atomic E-state index is 12.5. The van der Waals surface area contributed by atoms with Gasteiger partial charge in [-0.15, -0.1) is 0 Å². The van der Waals surface area contributed by atoms with Gasteiger partial charge in [0.15, 0.2) is 0 Å². The van der Waals surface area contributed by atoms with Crippen molar-refractivity contribution in [2.45, 2.75) is 19.7 Å². The molecule has 0 fully saturated rings. The molecule has 78 valence electrons. The zero-order chi connectivity index (χ0) is 10.9. The van der Waals surface area contributed by atoms with Gasteiger partial charge in [-0.25, -0.2) is 0 Å². The summed E-state index contributed by atoms with van der Waals surface area (Å²) >= 11 is 5.57. The highest BCUT2D eigenvalue weighted by molar-refractivity contribution is 6.30. The summed E-state index contributed by atoms with van der Waals surface area (Å²) in [5, 5.41) is 8.97. The number of hydrogen-bond donors (Lipinski definition) is 1. The molecule has 0 aliphatic heterocycles. The molecule has 0 bridgehead atoms. The van der Waals surface area contributed by atoms with Gasteiger partial charge < -0.3 is 5.11 Å². The first-order valence-electron chi connectivity index (χ1n) is 3.83. The normalized spacial score (nSPS) is 11.9. The molecule has 14 heavy (non-hydrogen) atoms. The van der Waals surface area contributed by atoms with E-state index in [0.717, 1.165) is 6.07 Å². The van der Waals surface area contributed by atoms with Crippen LogP contribution in [0.5, 0.6) is 0 Å². The van der Waals surface area contributed by atoms with Crippen molar-refractivity contribution in [1.82, 2.24) is 0 Å². The number of halogens is 4. The third-order valence-corrected chi connectivity index (χ3v) is 2.05. The SMILES string of the molecule is Cc1cc(Cl)cc(CO)c1C(F)(F)F. The molecule has 0 heterocycles. The molecule has 0 atom stereocenters. The average Bonchev–Trinajstić information content (AvgIpc) is 1.99. The van der Waals surface area contributed by atoms with Gasteiger partial charge in [-0.1, -0.05) is 11.6 Å². The fraction of sp³-hybridized carbons (Fsp3) is 0.333. The molecule has 0 saturated carbocycles. The molecule has 0 aliphatic carbocycles. The minimum absolute atomic E-state index is 0.0223. The molecule has 1 aromatic carbocycles. The summed E-state index contributed by atoms with van der Waals surface area (Å²) in [6.45, 7) is 0.643.